The summed E-state index contributed by atoms with van der Waals surface area (Å²) < 4.78 is 43.1. The van der Waals surface area contributed by atoms with Gasteiger partial charge in [-0.2, -0.15) is 0 Å². The molecule has 24 heavy (non-hydrogen) atoms. The van der Waals surface area contributed by atoms with Crippen molar-refractivity contribution in [1.82, 2.24) is 0 Å². The molecule has 1 saturated carbocycles. The van der Waals surface area contributed by atoms with E-state index in [9.17, 15) is 18.0 Å². The van der Waals surface area contributed by atoms with Gasteiger partial charge in [0.2, 0.25) is 0 Å². The molecule has 0 N–H and O–H groups in total. The molecule has 2 nitrogen and oxygen atoms in total. The van der Waals surface area contributed by atoms with Gasteiger partial charge < -0.3 is 4.74 Å². The second kappa shape index (κ2) is 9.70. The number of aryl methyl sites for hydroxylation is 1. The number of alkyl halides is 2. The van der Waals surface area contributed by atoms with Gasteiger partial charge in [0, 0.05) is 0 Å². The molecule has 0 saturated heterocycles. The fourth-order valence-corrected chi connectivity index (χ4v) is 3.37. The van der Waals surface area contributed by atoms with Crippen LogP contribution in [0.2, 0.25) is 0 Å². The number of hydrogen-bond donors (Lipinski definition) is 0. The minimum absolute atomic E-state index is 0.149. The number of benzene rings is 1. The molecule has 0 spiro atoms. The van der Waals surface area contributed by atoms with Crippen molar-refractivity contribution in [2.24, 2.45) is 11.8 Å². The summed E-state index contributed by atoms with van der Waals surface area (Å²) in [5.74, 6) is -0.363. The smallest absolute Gasteiger partial charge is 0.313 e. The minimum atomic E-state index is -0.813. The van der Waals surface area contributed by atoms with Gasteiger partial charge in [-0.15, -0.1) is 0 Å². The number of carbonyl (C=O) groups is 1. The van der Waals surface area contributed by atoms with Crippen molar-refractivity contribution < 1.29 is 22.7 Å². The Morgan fingerprint density at radius 3 is 2.29 bits per heavy atom. The van der Waals surface area contributed by atoms with Gasteiger partial charge in [-0.05, 0) is 48.8 Å². The molecule has 1 aliphatic carbocycles. The van der Waals surface area contributed by atoms with E-state index in [0.717, 1.165) is 44.1 Å². The fourth-order valence-electron chi connectivity index (χ4n) is 3.37. The summed E-state index contributed by atoms with van der Waals surface area (Å²) in [5, 5.41) is 0. The lowest BCUT2D eigenvalue weighted by molar-refractivity contribution is -0.134. The lowest BCUT2D eigenvalue weighted by Gasteiger charge is -2.28. The Labute approximate surface area is 141 Å². The van der Waals surface area contributed by atoms with Crippen molar-refractivity contribution in [3.8, 4) is 5.75 Å². The van der Waals surface area contributed by atoms with Crippen LogP contribution in [0, 0.1) is 17.7 Å². The highest BCUT2D eigenvalue weighted by Gasteiger charge is 2.21. The van der Waals surface area contributed by atoms with Gasteiger partial charge in [0.25, 0.3) is 0 Å². The van der Waals surface area contributed by atoms with Crippen LogP contribution in [0.3, 0.4) is 0 Å². The van der Waals surface area contributed by atoms with Crippen molar-refractivity contribution in [2.75, 3.05) is 13.3 Å². The molecule has 0 radical (unpaired) electrons. The van der Waals surface area contributed by atoms with Crippen LogP contribution in [0.15, 0.2) is 18.2 Å². The van der Waals surface area contributed by atoms with E-state index in [1.165, 1.54) is 12.1 Å². The average Bonchev–Trinajstić information content (AvgIpc) is 2.57. The molecule has 0 aliphatic heterocycles. The normalized spacial score (nSPS) is 20.8. The van der Waals surface area contributed by atoms with Crippen molar-refractivity contribution in [1.29, 1.82) is 0 Å². The quantitative estimate of drug-likeness (QED) is 0.480. The predicted octanol–water partition coefficient (Wildman–Crippen LogP) is 5.19. The minimum Gasteiger partial charge on any atom is -0.423 e. The van der Waals surface area contributed by atoms with Crippen molar-refractivity contribution in [2.45, 2.75) is 51.4 Å². The third-order valence-electron chi connectivity index (χ3n) is 4.84. The van der Waals surface area contributed by atoms with Crippen LogP contribution in [0.1, 0.15) is 50.5 Å². The lowest BCUT2D eigenvalue weighted by atomic mass is 9.78. The molecule has 1 aromatic rings. The Hall–Kier alpha value is -1.52. The highest BCUT2D eigenvalue weighted by atomic mass is 19.1. The topological polar surface area (TPSA) is 26.3 Å². The maximum atomic E-state index is 13.9. The van der Waals surface area contributed by atoms with Gasteiger partial charge in [0.15, 0.2) is 11.6 Å². The summed E-state index contributed by atoms with van der Waals surface area (Å²) >= 11 is 0. The Bertz CT molecular complexity index is 525. The van der Waals surface area contributed by atoms with Gasteiger partial charge in [-0.3, -0.25) is 13.6 Å². The average molecular weight is 342 g/mol. The first-order valence-electron chi connectivity index (χ1n) is 8.73. The molecule has 0 amide bonds. The summed E-state index contributed by atoms with van der Waals surface area (Å²) in [6, 6.07) is 4.56. The molecule has 0 unspecified atom stereocenters. The zero-order valence-electron chi connectivity index (χ0n) is 13.9. The number of carbonyl (C=O) groups excluding carboxylic acids is 1. The van der Waals surface area contributed by atoms with Crippen molar-refractivity contribution in [3.05, 3.63) is 29.6 Å². The van der Waals surface area contributed by atoms with E-state index in [0.29, 0.717) is 18.3 Å². The zero-order chi connectivity index (χ0) is 17.4. The summed E-state index contributed by atoms with van der Waals surface area (Å²) in [4.78, 5) is 11.2. The first-order valence-corrected chi connectivity index (χ1v) is 8.73. The van der Waals surface area contributed by atoms with Crippen LogP contribution in [0.5, 0.6) is 5.75 Å². The Balaban J connectivity index is 1.79. The van der Waals surface area contributed by atoms with Crippen molar-refractivity contribution >= 4 is 5.97 Å². The van der Waals surface area contributed by atoms with Crippen LogP contribution < -0.4 is 4.74 Å². The predicted molar refractivity (Wildman–Crippen MR) is 87.0 cm³/mol. The summed E-state index contributed by atoms with van der Waals surface area (Å²) in [6.45, 7) is -1.04. The monoisotopic (exact) mass is 342 g/mol. The molecule has 1 fully saturated rings. The molecule has 0 atom stereocenters. The van der Waals surface area contributed by atoms with Gasteiger partial charge in [-0.25, -0.2) is 4.39 Å². The summed E-state index contributed by atoms with van der Waals surface area (Å²) in [5.41, 5.74) is 0.865. The molecule has 1 aliphatic rings. The second-order valence-corrected chi connectivity index (χ2v) is 6.58. The highest BCUT2D eigenvalue weighted by Crippen LogP contribution is 2.33. The molecule has 1 aromatic carbocycles. The lowest BCUT2D eigenvalue weighted by Crippen LogP contribution is -2.15. The van der Waals surface area contributed by atoms with Crippen molar-refractivity contribution in [3.63, 3.8) is 0 Å². The number of halogens is 3. The van der Waals surface area contributed by atoms with E-state index in [-0.39, 0.29) is 18.8 Å². The third kappa shape index (κ3) is 5.84. The Morgan fingerprint density at radius 2 is 1.71 bits per heavy atom. The highest BCUT2D eigenvalue weighted by molar-refractivity contribution is 5.72. The van der Waals surface area contributed by atoms with Gasteiger partial charge in [-0.1, -0.05) is 31.7 Å². The molecular weight excluding hydrogens is 317 g/mol. The SMILES string of the molecule is O=C(CCF)Oc1ccc(CCC2CCC(CCF)CC2)cc1F. The Kier molecular flexibility index (Phi) is 7.60. The van der Waals surface area contributed by atoms with E-state index < -0.39 is 18.5 Å². The molecule has 134 valence electrons. The van der Waals surface area contributed by atoms with E-state index >= 15 is 0 Å². The maximum Gasteiger partial charge on any atom is 0.313 e. The number of rotatable bonds is 8. The van der Waals surface area contributed by atoms with Gasteiger partial charge >= 0.3 is 5.97 Å². The third-order valence-corrected chi connectivity index (χ3v) is 4.84. The molecule has 2 rings (SSSR count). The number of esters is 1. The molecule has 0 bridgehead atoms. The largest absolute Gasteiger partial charge is 0.423 e. The van der Waals surface area contributed by atoms with Gasteiger partial charge in [0.1, 0.15) is 0 Å². The first-order chi connectivity index (χ1) is 11.6. The molecular formula is C19H25F3O2. The summed E-state index contributed by atoms with van der Waals surface area (Å²) in [7, 11) is 0. The number of ether oxygens (including phenoxy) is 1. The molecule has 0 heterocycles. The van der Waals surface area contributed by atoms with E-state index in [2.05, 4.69) is 0 Å². The molecule has 0 aromatic heterocycles. The maximum absolute atomic E-state index is 13.9. The van der Waals surface area contributed by atoms with E-state index in [1.54, 1.807) is 6.07 Å². The second-order valence-electron chi connectivity index (χ2n) is 6.58. The standard InChI is InChI=1S/C19H25F3O2/c20-11-9-15-3-1-14(2-4-15)5-6-16-7-8-18(17(22)13-16)24-19(23)10-12-21/h7-8,13-15H,1-6,9-12H2. The first kappa shape index (κ1) is 18.8. The molecule has 5 heteroatoms. The van der Waals surface area contributed by atoms with Crippen LogP contribution in [0.25, 0.3) is 0 Å². The summed E-state index contributed by atoms with van der Waals surface area (Å²) in [6.07, 6.45) is 6.49. The van der Waals surface area contributed by atoms with Crippen LogP contribution in [0.4, 0.5) is 13.2 Å². The van der Waals surface area contributed by atoms with Crippen LogP contribution in [-0.2, 0) is 11.2 Å². The van der Waals surface area contributed by atoms with E-state index in [1.807, 2.05) is 0 Å². The van der Waals surface area contributed by atoms with E-state index in [4.69, 9.17) is 4.74 Å². The Morgan fingerprint density at radius 1 is 1.04 bits per heavy atom. The number of hydrogen-bond acceptors (Lipinski definition) is 2. The van der Waals surface area contributed by atoms with Gasteiger partial charge in [0.05, 0.1) is 19.8 Å². The van der Waals surface area contributed by atoms with Crippen LogP contribution in [-0.4, -0.2) is 19.3 Å². The van der Waals surface area contributed by atoms with Crippen LogP contribution >= 0.6 is 0 Å². The fraction of sp³-hybridized carbons (Fsp3) is 0.632. The zero-order valence-corrected chi connectivity index (χ0v) is 13.9.